The standard InChI is InChI=1S/C28H40N10O9/c1-7-8-30-24-34-25(36-26(35-24)46-12-11-32-27(41)47-28(4,5)6)31-10-9-29-23(40)21(13-17(2)3)33-22(39)18-14-19(37(42)43)16-20(15-18)38(44)45/h7,14-17,21H,1,8-13H2,2-6H3,(H,29,40)(H,32,41)(H,33,39)(H2,30,31,34,35,36)/t21-/m0/s1. The average molecular weight is 661 g/mol. The number of ether oxygens (including phenoxy) is 2. The zero-order valence-corrected chi connectivity index (χ0v) is 26.8. The van der Waals surface area contributed by atoms with Gasteiger partial charge in [-0.1, -0.05) is 19.9 Å². The predicted molar refractivity (Wildman–Crippen MR) is 170 cm³/mol. The van der Waals surface area contributed by atoms with Crippen LogP contribution in [0.25, 0.3) is 0 Å². The summed E-state index contributed by atoms with van der Waals surface area (Å²) in [4.78, 5) is 71.1. The smallest absolute Gasteiger partial charge is 0.407 e. The topological polar surface area (TPSA) is 255 Å². The number of nitrogens with zero attached hydrogens (tertiary/aromatic N) is 5. The highest BCUT2D eigenvalue weighted by atomic mass is 16.6. The Morgan fingerprint density at radius 3 is 2.11 bits per heavy atom. The second-order valence-corrected chi connectivity index (χ2v) is 11.3. The SMILES string of the molecule is C=CCNc1nc(NCCNC(=O)[C@H](CC(C)C)NC(=O)c2cc([N+](=O)[O-])cc([N+](=O)[O-])c2)nc(OCCNC(=O)OC(C)(C)C)n1. The summed E-state index contributed by atoms with van der Waals surface area (Å²) in [5.74, 6) is -1.15. The van der Waals surface area contributed by atoms with Crippen LogP contribution in [0.2, 0.25) is 0 Å². The fraction of sp³-hybridized carbons (Fsp3) is 0.500. The van der Waals surface area contributed by atoms with E-state index in [1.54, 1.807) is 26.8 Å². The summed E-state index contributed by atoms with van der Waals surface area (Å²) in [6.07, 6.45) is 1.22. The van der Waals surface area contributed by atoms with Gasteiger partial charge in [0.15, 0.2) is 0 Å². The number of anilines is 2. The van der Waals surface area contributed by atoms with Crippen LogP contribution in [0.4, 0.5) is 28.1 Å². The molecule has 2 rings (SSSR count). The molecular formula is C28H40N10O9. The summed E-state index contributed by atoms with van der Waals surface area (Å²) in [5, 5.41) is 36.1. The minimum absolute atomic E-state index is 0.0340. The zero-order chi connectivity index (χ0) is 35.1. The van der Waals surface area contributed by atoms with E-state index in [1.807, 2.05) is 13.8 Å². The Hall–Kier alpha value is -5.62. The van der Waals surface area contributed by atoms with Gasteiger partial charge in [0.25, 0.3) is 17.3 Å². The van der Waals surface area contributed by atoms with Crippen LogP contribution in [0.15, 0.2) is 30.9 Å². The van der Waals surface area contributed by atoms with Crippen molar-refractivity contribution in [3.63, 3.8) is 0 Å². The molecule has 5 N–H and O–H groups in total. The Labute approximate surface area is 270 Å². The van der Waals surface area contributed by atoms with E-state index in [2.05, 4.69) is 48.1 Å². The maximum absolute atomic E-state index is 13.0. The Kier molecular flexibility index (Phi) is 14.2. The van der Waals surface area contributed by atoms with Crippen molar-refractivity contribution in [1.82, 2.24) is 30.9 Å². The van der Waals surface area contributed by atoms with Crippen LogP contribution in [0, 0.1) is 26.1 Å². The number of rotatable bonds is 18. The number of carbonyl (C=O) groups is 3. The number of benzene rings is 1. The van der Waals surface area contributed by atoms with Gasteiger partial charge < -0.3 is 36.1 Å². The summed E-state index contributed by atoms with van der Waals surface area (Å²) in [5.41, 5.74) is -2.24. The summed E-state index contributed by atoms with van der Waals surface area (Å²) in [6.45, 7) is 13.3. The Morgan fingerprint density at radius 2 is 1.55 bits per heavy atom. The number of hydrogen-bond acceptors (Lipinski definition) is 14. The molecule has 0 bridgehead atoms. The molecule has 19 heteroatoms. The fourth-order valence-corrected chi connectivity index (χ4v) is 3.72. The lowest BCUT2D eigenvalue weighted by molar-refractivity contribution is -0.394. The number of non-ortho nitro benzene ring substituents is 2. The van der Waals surface area contributed by atoms with Gasteiger partial charge in [-0.2, -0.15) is 15.0 Å². The van der Waals surface area contributed by atoms with Gasteiger partial charge in [0, 0.05) is 31.8 Å². The van der Waals surface area contributed by atoms with E-state index in [0.29, 0.717) is 6.54 Å². The molecule has 2 aromatic rings. The van der Waals surface area contributed by atoms with Gasteiger partial charge in [-0.25, -0.2) is 4.79 Å². The van der Waals surface area contributed by atoms with Crippen molar-refractivity contribution < 1.29 is 33.7 Å². The third kappa shape index (κ3) is 13.9. The normalized spacial score (nSPS) is 11.5. The lowest BCUT2D eigenvalue weighted by atomic mass is 10.0. The number of carbonyl (C=O) groups excluding carboxylic acids is 3. The van der Waals surface area contributed by atoms with E-state index >= 15 is 0 Å². The molecule has 0 radical (unpaired) electrons. The molecule has 0 unspecified atom stereocenters. The van der Waals surface area contributed by atoms with Crippen molar-refractivity contribution in [2.45, 2.75) is 52.7 Å². The average Bonchev–Trinajstić information content (AvgIpc) is 2.98. The van der Waals surface area contributed by atoms with Gasteiger partial charge in [-0.3, -0.25) is 29.8 Å². The molecule has 19 nitrogen and oxygen atoms in total. The summed E-state index contributed by atoms with van der Waals surface area (Å²) >= 11 is 0. The van der Waals surface area contributed by atoms with Gasteiger partial charge in [0.1, 0.15) is 18.2 Å². The number of amides is 3. The van der Waals surface area contributed by atoms with Crippen LogP contribution in [0.1, 0.15) is 51.4 Å². The Bertz CT molecular complexity index is 1410. The molecule has 0 aliphatic heterocycles. The highest BCUT2D eigenvalue weighted by molar-refractivity contribution is 5.98. The molecule has 3 amide bonds. The van der Waals surface area contributed by atoms with E-state index in [4.69, 9.17) is 9.47 Å². The molecule has 0 fully saturated rings. The van der Waals surface area contributed by atoms with Crippen LogP contribution in [0.3, 0.4) is 0 Å². The first kappa shape index (κ1) is 37.6. The van der Waals surface area contributed by atoms with Crippen LogP contribution < -0.4 is 31.3 Å². The maximum Gasteiger partial charge on any atom is 0.407 e. The molecule has 1 atom stereocenters. The van der Waals surface area contributed by atoms with Gasteiger partial charge in [-0.05, 0) is 33.1 Å². The van der Waals surface area contributed by atoms with E-state index in [0.717, 1.165) is 18.2 Å². The molecule has 1 aromatic heterocycles. The van der Waals surface area contributed by atoms with Gasteiger partial charge in [0.2, 0.25) is 17.8 Å². The van der Waals surface area contributed by atoms with E-state index < -0.39 is 50.8 Å². The minimum atomic E-state index is -1.04. The molecule has 256 valence electrons. The number of hydrogen-bond donors (Lipinski definition) is 5. The number of alkyl carbamates (subject to hydrolysis) is 1. The molecule has 47 heavy (non-hydrogen) atoms. The van der Waals surface area contributed by atoms with E-state index in [-0.39, 0.29) is 62.1 Å². The molecule has 1 heterocycles. The first-order valence-corrected chi connectivity index (χ1v) is 14.5. The van der Waals surface area contributed by atoms with Crippen LogP contribution >= 0.6 is 0 Å². The largest absolute Gasteiger partial charge is 0.461 e. The Morgan fingerprint density at radius 1 is 0.936 bits per heavy atom. The van der Waals surface area contributed by atoms with Gasteiger partial charge >= 0.3 is 12.1 Å². The summed E-state index contributed by atoms with van der Waals surface area (Å²) in [6, 6.07) is 1.47. The zero-order valence-electron chi connectivity index (χ0n) is 26.8. The van der Waals surface area contributed by atoms with Crippen molar-refractivity contribution in [3.05, 3.63) is 56.6 Å². The monoisotopic (exact) mass is 660 g/mol. The molecule has 0 aliphatic rings. The van der Waals surface area contributed by atoms with Crippen LogP contribution in [0.5, 0.6) is 6.01 Å². The van der Waals surface area contributed by atoms with Crippen LogP contribution in [-0.4, -0.2) is 87.1 Å². The molecular weight excluding hydrogens is 620 g/mol. The second kappa shape index (κ2) is 17.8. The van der Waals surface area contributed by atoms with Crippen molar-refractivity contribution in [2.75, 3.05) is 43.4 Å². The predicted octanol–water partition coefficient (Wildman–Crippen LogP) is 2.56. The van der Waals surface area contributed by atoms with Crippen molar-refractivity contribution in [2.24, 2.45) is 5.92 Å². The maximum atomic E-state index is 13.0. The molecule has 1 aromatic carbocycles. The molecule has 0 spiro atoms. The van der Waals surface area contributed by atoms with Crippen molar-refractivity contribution >= 4 is 41.2 Å². The molecule has 0 saturated heterocycles. The van der Waals surface area contributed by atoms with Crippen molar-refractivity contribution in [1.29, 1.82) is 0 Å². The number of nitrogens with one attached hydrogen (secondary N) is 5. The van der Waals surface area contributed by atoms with Gasteiger partial charge in [-0.15, -0.1) is 6.58 Å². The number of nitro benzene ring substituents is 2. The summed E-state index contributed by atoms with van der Waals surface area (Å²) in [7, 11) is 0. The summed E-state index contributed by atoms with van der Waals surface area (Å²) < 4.78 is 10.7. The first-order valence-electron chi connectivity index (χ1n) is 14.5. The third-order valence-electron chi connectivity index (χ3n) is 5.64. The number of nitro groups is 2. The molecule has 0 aliphatic carbocycles. The third-order valence-corrected chi connectivity index (χ3v) is 5.64. The fourth-order valence-electron chi connectivity index (χ4n) is 3.72. The highest BCUT2D eigenvalue weighted by Gasteiger charge is 2.25. The van der Waals surface area contributed by atoms with E-state index in [1.165, 1.54) is 0 Å². The lowest BCUT2D eigenvalue weighted by Gasteiger charge is -2.20. The highest BCUT2D eigenvalue weighted by Crippen LogP contribution is 2.23. The van der Waals surface area contributed by atoms with Crippen LogP contribution in [-0.2, 0) is 9.53 Å². The first-order chi connectivity index (χ1) is 22.1. The van der Waals surface area contributed by atoms with E-state index in [9.17, 15) is 34.6 Å². The minimum Gasteiger partial charge on any atom is -0.461 e. The quantitative estimate of drug-likeness (QED) is 0.0667. The Balaban J connectivity index is 2.01. The molecule has 0 saturated carbocycles. The number of aromatic nitrogens is 3. The lowest BCUT2D eigenvalue weighted by Crippen LogP contribution is -2.48. The second-order valence-electron chi connectivity index (χ2n) is 11.3. The van der Waals surface area contributed by atoms with Gasteiger partial charge in [0.05, 0.1) is 28.0 Å². The van der Waals surface area contributed by atoms with Crippen molar-refractivity contribution in [3.8, 4) is 6.01 Å².